The quantitative estimate of drug-likeness (QED) is 0.935. The summed E-state index contributed by atoms with van der Waals surface area (Å²) in [7, 11) is 0. The van der Waals surface area contributed by atoms with Gasteiger partial charge in [-0.25, -0.2) is 0 Å². The minimum Gasteiger partial charge on any atom is -0.324 e. The van der Waals surface area contributed by atoms with Crippen LogP contribution < -0.4 is 5.32 Å². The first-order valence-corrected chi connectivity index (χ1v) is 7.87. The summed E-state index contributed by atoms with van der Waals surface area (Å²) >= 11 is 0. The maximum absolute atomic E-state index is 13.1. The van der Waals surface area contributed by atoms with E-state index in [1.54, 1.807) is 0 Å². The zero-order valence-corrected chi connectivity index (χ0v) is 13.4. The minimum absolute atomic E-state index is 0.0444. The van der Waals surface area contributed by atoms with E-state index in [1.165, 1.54) is 5.56 Å². The molecule has 3 nitrogen and oxygen atoms in total. The molecule has 1 atom stereocenters. The molecule has 22 heavy (non-hydrogen) atoms. The Hall–Kier alpha value is -2.13. The zero-order chi connectivity index (χ0) is 15.7. The molecular formula is C19H22N2O. The third-order valence-electron chi connectivity index (χ3n) is 4.57. The molecule has 3 rings (SSSR count). The number of likely N-dealkylation sites (N-methyl/N-ethyl adjacent to an activating group) is 1. The average Bonchev–Trinajstić information content (AvgIpc) is 2.82. The second-order valence-corrected chi connectivity index (χ2v) is 5.75. The van der Waals surface area contributed by atoms with Gasteiger partial charge in [-0.15, -0.1) is 0 Å². The first-order valence-electron chi connectivity index (χ1n) is 7.87. The molecule has 1 heterocycles. The van der Waals surface area contributed by atoms with Crippen molar-refractivity contribution in [1.82, 2.24) is 4.90 Å². The van der Waals surface area contributed by atoms with Crippen LogP contribution in [0.25, 0.3) is 0 Å². The van der Waals surface area contributed by atoms with Crippen molar-refractivity contribution in [2.45, 2.75) is 26.3 Å². The van der Waals surface area contributed by atoms with Gasteiger partial charge < -0.3 is 5.32 Å². The van der Waals surface area contributed by atoms with Crippen molar-refractivity contribution in [3.05, 3.63) is 65.2 Å². The van der Waals surface area contributed by atoms with Crippen molar-refractivity contribution in [3.8, 4) is 0 Å². The highest BCUT2D eigenvalue weighted by Crippen LogP contribution is 2.45. The second kappa shape index (κ2) is 5.58. The van der Waals surface area contributed by atoms with Crippen molar-refractivity contribution in [2.24, 2.45) is 0 Å². The average molecular weight is 294 g/mol. The third kappa shape index (κ3) is 1.97. The van der Waals surface area contributed by atoms with Gasteiger partial charge in [-0.2, -0.15) is 0 Å². The molecule has 0 spiro atoms. The molecule has 2 aromatic rings. The number of anilines is 1. The van der Waals surface area contributed by atoms with Gasteiger partial charge in [0.15, 0.2) is 5.54 Å². The van der Waals surface area contributed by atoms with Crippen LogP contribution in [0.3, 0.4) is 0 Å². The summed E-state index contributed by atoms with van der Waals surface area (Å²) in [4.78, 5) is 15.3. The Morgan fingerprint density at radius 3 is 2.36 bits per heavy atom. The fourth-order valence-electron chi connectivity index (χ4n) is 3.56. The molecular weight excluding hydrogens is 272 g/mol. The molecule has 0 aliphatic carbocycles. The molecule has 0 bridgehead atoms. The van der Waals surface area contributed by atoms with Crippen LogP contribution in [0.4, 0.5) is 5.69 Å². The molecule has 0 fully saturated rings. The smallest absolute Gasteiger partial charge is 0.254 e. The number of benzene rings is 2. The Morgan fingerprint density at radius 2 is 1.73 bits per heavy atom. The molecule has 0 saturated carbocycles. The molecule has 0 radical (unpaired) electrons. The number of aryl methyl sites for hydroxylation is 1. The lowest BCUT2D eigenvalue weighted by Crippen LogP contribution is -2.51. The lowest BCUT2D eigenvalue weighted by atomic mass is 9.81. The topological polar surface area (TPSA) is 32.3 Å². The van der Waals surface area contributed by atoms with Crippen LogP contribution >= 0.6 is 0 Å². The van der Waals surface area contributed by atoms with Gasteiger partial charge in [-0.05, 0) is 31.6 Å². The van der Waals surface area contributed by atoms with Crippen molar-refractivity contribution in [1.29, 1.82) is 0 Å². The largest absolute Gasteiger partial charge is 0.324 e. The van der Waals surface area contributed by atoms with E-state index >= 15 is 0 Å². The molecule has 1 amide bonds. The molecule has 0 saturated heterocycles. The molecule has 0 aromatic heterocycles. The fraction of sp³-hybridized carbons (Fsp3) is 0.316. The van der Waals surface area contributed by atoms with Gasteiger partial charge in [0.05, 0.1) is 0 Å². The standard InChI is InChI=1S/C19H22N2O/c1-4-21(5-2)19(15-9-7-6-8-10-15)16-13-14(3)11-12-17(16)20-18(19)22/h6-13H,4-5H2,1-3H3,(H,20,22). The maximum atomic E-state index is 13.1. The van der Waals surface area contributed by atoms with Crippen molar-refractivity contribution in [3.63, 3.8) is 0 Å². The predicted molar refractivity (Wildman–Crippen MR) is 90.0 cm³/mol. The van der Waals surface area contributed by atoms with Gasteiger partial charge in [-0.1, -0.05) is 61.9 Å². The van der Waals surface area contributed by atoms with E-state index in [2.05, 4.69) is 49.2 Å². The van der Waals surface area contributed by atoms with Crippen LogP contribution in [0.1, 0.15) is 30.5 Å². The summed E-state index contributed by atoms with van der Waals surface area (Å²) in [6, 6.07) is 16.3. The van der Waals surface area contributed by atoms with E-state index in [0.717, 1.165) is 29.9 Å². The third-order valence-corrected chi connectivity index (χ3v) is 4.57. The summed E-state index contributed by atoms with van der Waals surface area (Å²) < 4.78 is 0. The van der Waals surface area contributed by atoms with Gasteiger partial charge in [0.25, 0.3) is 5.91 Å². The highest BCUT2D eigenvalue weighted by Gasteiger charge is 2.51. The highest BCUT2D eigenvalue weighted by atomic mass is 16.2. The number of carbonyl (C=O) groups is 1. The minimum atomic E-state index is -0.730. The van der Waals surface area contributed by atoms with Crippen LogP contribution in [-0.2, 0) is 10.3 Å². The number of hydrogen-bond donors (Lipinski definition) is 1. The van der Waals surface area contributed by atoms with Crippen molar-refractivity contribution < 1.29 is 4.79 Å². The van der Waals surface area contributed by atoms with Gasteiger partial charge in [-0.3, -0.25) is 9.69 Å². The Labute approximate surface area is 132 Å². The summed E-state index contributed by atoms with van der Waals surface area (Å²) in [5.41, 5.74) is 3.45. The predicted octanol–water partition coefficient (Wildman–Crippen LogP) is 3.53. The molecule has 1 unspecified atom stereocenters. The van der Waals surface area contributed by atoms with E-state index < -0.39 is 5.54 Å². The van der Waals surface area contributed by atoms with E-state index in [0.29, 0.717) is 0 Å². The number of hydrogen-bond acceptors (Lipinski definition) is 2. The first kappa shape index (κ1) is 14.8. The van der Waals surface area contributed by atoms with Gasteiger partial charge >= 0.3 is 0 Å². The fourth-order valence-corrected chi connectivity index (χ4v) is 3.56. The SMILES string of the molecule is CCN(CC)C1(c2ccccc2)C(=O)Nc2ccc(C)cc21. The molecule has 1 aliphatic rings. The number of carbonyl (C=O) groups excluding carboxylic acids is 1. The van der Waals surface area contributed by atoms with Crippen molar-refractivity contribution >= 4 is 11.6 Å². The molecule has 2 aromatic carbocycles. The molecule has 1 N–H and O–H groups in total. The van der Waals surface area contributed by atoms with Crippen LogP contribution in [0.15, 0.2) is 48.5 Å². The van der Waals surface area contributed by atoms with E-state index in [4.69, 9.17) is 0 Å². The van der Waals surface area contributed by atoms with Crippen LogP contribution in [0, 0.1) is 6.92 Å². The zero-order valence-electron chi connectivity index (χ0n) is 13.4. The Morgan fingerprint density at radius 1 is 1.05 bits per heavy atom. The van der Waals surface area contributed by atoms with Gasteiger partial charge in [0.2, 0.25) is 0 Å². The molecule has 114 valence electrons. The van der Waals surface area contributed by atoms with Crippen molar-refractivity contribution in [2.75, 3.05) is 18.4 Å². The lowest BCUT2D eigenvalue weighted by molar-refractivity contribution is -0.125. The van der Waals surface area contributed by atoms with Gasteiger partial charge in [0.1, 0.15) is 0 Å². The van der Waals surface area contributed by atoms with E-state index in [9.17, 15) is 4.79 Å². The normalized spacial score (nSPS) is 20.1. The number of nitrogens with one attached hydrogen (secondary N) is 1. The summed E-state index contributed by atoms with van der Waals surface area (Å²) in [5.74, 6) is 0.0444. The monoisotopic (exact) mass is 294 g/mol. The van der Waals surface area contributed by atoms with Gasteiger partial charge in [0, 0.05) is 11.3 Å². The summed E-state index contributed by atoms with van der Waals surface area (Å²) in [6.07, 6.45) is 0. The number of fused-ring (bicyclic) bond motifs is 1. The van der Waals surface area contributed by atoms with Crippen LogP contribution in [-0.4, -0.2) is 23.9 Å². The highest BCUT2D eigenvalue weighted by molar-refractivity contribution is 6.08. The Bertz CT molecular complexity index is 692. The summed E-state index contributed by atoms with van der Waals surface area (Å²) in [5, 5.41) is 3.08. The number of rotatable bonds is 4. The Balaban J connectivity index is 2.32. The van der Waals surface area contributed by atoms with E-state index in [1.807, 2.05) is 30.3 Å². The van der Waals surface area contributed by atoms with Crippen LogP contribution in [0.2, 0.25) is 0 Å². The second-order valence-electron chi connectivity index (χ2n) is 5.75. The molecule has 1 aliphatic heterocycles. The molecule has 3 heteroatoms. The lowest BCUT2D eigenvalue weighted by Gasteiger charge is -2.39. The maximum Gasteiger partial charge on any atom is 0.254 e. The number of nitrogens with zero attached hydrogens (tertiary/aromatic N) is 1. The first-order chi connectivity index (χ1) is 10.6. The summed E-state index contributed by atoms with van der Waals surface area (Å²) in [6.45, 7) is 7.91. The van der Waals surface area contributed by atoms with E-state index in [-0.39, 0.29) is 5.91 Å². The number of amides is 1. The Kier molecular flexibility index (Phi) is 3.75. The van der Waals surface area contributed by atoms with Crippen LogP contribution in [0.5, 0.6) is 0 Å².